The second-order valence-electron chi connectivity index (χ2n) is 4.57. The van der Waals surface area contributed by atoms with Gasteiger partial charge in [-0.2, -0.15) is 0 Å². The van der Waals surface area contributed by atoms with Crippen molar-refractivity contribution in [3.8, 4) is 0 Å². The Morgan fingerprint density at radius 1 is 1.44 bits per heavy atom. The second kappa shape index (κ2) is 4.29. The first-order valence-corrected chi connectivity index (χ1v) is 6.12. The number of imidazole rings is 1. The molecule has 1 aromatic heterocycles. The van der Waals surface area contributed by atoms with Gasteiger partial charge in [-0.05, 0) is 24.6 Å². The maximum absolute atomic E-state index is 11.6. The Kier molecular flexibility index (Phi) is 2.63. The number of benzene rings is 1. The van der Waals surface area contributed by atoms with Crippen LogP contribution in [0, 0.1) is 0 Å². The fourth-order valence-electron chi connectivity index (χ4n) is 2.57. The van der Waals surface area contributed by atoms with E-state index in [2.05, 4.69) is 22.2 Å². The van der Waals surface area contributed by atoms with E-state index < -0.39 is 0 Å². The van der Waals surface area contributed by atoms with Gasteiger partial charge in [-0.1, -0.05) is 18.7 Å². The van der Waals surface area contributed by atoms with Crippen molar-refractivity contribution in [2.45, 2.75) is 12.5 Å². The normalized spacial score (nSPS) is 19.3. The number of para-hydroxylation sites is 2. The van der Waals surface area contributed by atoms with Crippen molar-refractivity contribution in [3.05, 3.63) is 43.2 Å². The summed E-state index contributed by atoms with van der Waals surface area (Å²) in [6.45, 7) is 5.07. The van der Waals surface area contributed by atoms with Crippen LogP contribution in [0.4, 0.5) is 0 Å². The lowest BCUT2D eigenvalue weighted by Gasteiger charge is -2.15. The minimum Gasteiger partial charge on any atom is -0.337 e. The van der Waals surface area contributed by atoms with E-state index in [1.165, 1.54) is 6.08 Å². The maximum atomic E-state index is 11.6. The Balaban J connectivity index is 1.88. The lowest BCUT2D eigenvalue weighted by molar-refractivity contribution is -0.125. The molecule has 18 heavy (non-hydrogen) atoms. The summed E-state index contributed by atoms with van der Waals surface area (Å²) >= 11 is 0. The number of hydrogen-bond donors (Lipinski definition) is 0. The molecular weight excluding hydrogens is 226 g/mol. The number of nitrogens with zero attached hydrogens (tertiary/aromatic N) is 3. The summed E-state index contributed by atoms with van der Waals surface area (Å²) in [5.41, 5.74) is 2.14. The highest BCUT2D eigenvalue weighted by molar-refractivity contribution is 5.87. The van der Waals surface area contributed by atoms with Crippen molar-refractivity contribution in [1.82, 2.24) is 14.5 Å². The van der Waals surface area contributed by atoms with Gasteiger partial charge in [0.05, 0.1) is 23.4 Å². The van der Waals surface area contributed by atoms with Gasteiger partial charge in [0.2, 0.25) is 5.91 Å². The molecule has 4 nitrogen and oxygen atoms in total. The number of amides is 1. The highest BCUT2D eigenvalue weighted by Gasteiger charge is 2.26. The van der Waals surface area contributed by atoms with Gasteiger partial charge in [-0.3, -0.25) is 4.79 Å². The minimum absolute atomic E-state index is 0.0157. The van der Waals surface area contributed by atoms with E-state index in [0.29, 0.717) is 6.04 Å². The van der Waals surface area contributed by atoms with Crippen LogP contribution in [0.5, 0.6) is 0 Å². The molecule has 0 radical (unpaired) electrons. The van der Waals surface area contributed by atoms with Crippen molar-refractivity contribution >= 4 is 16.9 Å². The van der Waals surface area contributed by atoms with Gasteiger partial charge in [0.15, 0.2) is 0 Å². The third-order valence-electron chi connectivity index (χ3n) is 3.52. The Labute approximate surface area is 106 Å². The van der Waals surface area contributed by atoms with Crippen LogP contribution >= 0.6 is 0 Å². The summed E-state index contributed by atoms with van der Waals surface area (Å²) in [6, 6.07) is 8.40. The first-order valence-electron chi connectivity index (χ1n) is 6.12. The van der Waals surface area contributed by atoms with Crippen molar-refractivity contribution in [1.29, 1.82) is 0 Å². The highest BCUT2D eigenvalue weighted by Crippen LogP contribution is 2.25. The Morgan fingerprint density at radius 2 is 2.28 bits per heavy atom. The van der Waals surface area contributed by atoms with Gasteiger partial charge < -0.3 is 9.47 Å². The Morgan fingerprint density at radius 3 is 3.11 bits per heavy atom. The van der Waals surface area contributed by atoms with Crippen LogP contribution in [0.1, 0.15) is 12.5 Å². The molecule has 1 aromatic carbocycles. The molecule has 1 saturated heterocycles. The molecule has 0 spiro atoms. The van der Waals surface area contributed by atoms with Gasteiger partial charge in [-0.15, -0.1) is 0 Å². The predicted molar refractivity (Wildman–Crippen MR) is 70.2 cm³/mol. The third kappa shape index (κ3) is 1.70. The lowest BCUT2D eigenvalue weighted by Crippen LogP contribution is -2.27. The first-order chi connectivity index (χ1) is 8.79. The van der Waals surface area contributed by atoms with Crippen LogP contribution in [0.25, 0.3) is 11.0 Å². The fraction of sp³-hybridized carbons (Fsp3) is 0.286. The quantitative estimate of drug-likeness (QED) is 0.754. The summed E-state index contributed by atoms with van der Waals surface area (Å²) in [4.78, 5) is 17.8. The van der Waals surface area contributed by atoms with Gasteiger partial charge in [0.25, 0.3) is 0 Å². The molecule has 1 unspecified atom stereocenters. The van der Waals surface area contributed by atoms with E-state index >= 15 is 0 Å². The summed E-state index contributed by atoms with van der Waals surface area (Å²) in [6.07, 6.45) is 4.23. The molecule has 1 amide bonds. The molecular formula is C14H15N3O. The highest BCUT2D eigenvalue weighted by atomic mass is 16.2. The van der Waals surface area contributed by atoms with E-state index in [-0.39, 0.29) is 5.91 Å². The zero-order valence-electron chi connectivity index (χ0n) is 10.1. The molecule has 4 heteroatoms. The molecule has 0 N–H and O–H groups in total. The van der Waals surface area contributed by atoms with Crippen LogP contribution in [0.2, 0.25) is 0 Å². The largest absolute Gasteiger partial charge is 0.337 e. The van der Waals surface area contributed by atoms with Gasteiger partial charge in [0.1, 0.15) is 0 Å². The number of carbonyl (C=O) groups is 1. The van der Waals surface area contributed by atoms with E-state index in [1.54, 1.807) is 0 Å². The van der Waals surface area contributed by atoms with Crippen LogP contribution in [0.3, 0.4) is 0 Å². The van der Waals surface area contributed by atoms with E-state index in [1.807, 2.05) is 29.4 Å². The SMILES string of the molecule is C=CC(=O)N1CCC(n2cnc3ccccc32)C1. The van der Waals surface area contributed by atoms with Crippen LogP contribution in [-0.2, 0) is 4.79 Å². The second-order valence-corrected chi connectivity index (χ2v) is 4.57. The van der Waals surface area contributed by atoms with Crippen molar-refractivity contribution < 1.29 is 4.79 Å². The molecule has 1 aliphatic rings. The monoisotopic (exact) mass is 241 g/mol. The van der Waals surface area contributed by atoms with Crippen molar-refractivity contribution in [3.63, 3.8) is 0 Å². The molecule has 1 aliphatic heterocycles. The third-order valence-corrected chi connectivity index (χ3v) is 3.52. The number of aromatic nitrogens is 2. The predicted octanol–water partition coefficient (Wildman–Crippen LogP) is 2.00. The zero-order valence-corrected chi connectivity index (χ0v) is 10.1. The van der Waals surface area contributed by atoms with E-state index in [9.17, 15) is 4.79 Å². The number of likely N-dealkylation sites (tertiary alicyclic amines) is 1. The molecule has 92 valence electrons. The fourth-order valence-corrected chi connectivity index (χ4v) is 2.57. The summed E-state index contributed by atoms with van der Waals surface area (Å²) in [5, 5.41) is 0. The summed E-state index contributed by atoms with van der Waals surface area (Å²) in [5.74, 6) is 0.0157. The molecule has 0 bridgehead atoms. The number of carbonyl (C=O) groups excluding carboxylic acids is 1. The Bertz CT molecular complexity index is 602. The standard InChI is InChI=1S/C14H15N3O/c1-2-14(18)16-8-7-11(9-16)17-10-15-12-5-3-4-6-13(12)17/h2-6,10-11H,1,7-9H2. The minimum atomic E-state index is 0.0157. The molecule has 2 aromatic rings. The topological polar surface area (TPSA) is 38.1 Å². The van der Waals surface area contributed by atoms with Crippen LogP contribution < -0.4 is 0 Å². The molecule has 0 aliphatic carbocycles. The van der Waals surface area contributed by atoms with Crippen LogP contribution in [-0.4, -0.2) is 33.4 Å². The number of hydrogen-bond acceptors (Lipinski definition) is 2. The summed E-state index contributed by atoms with van der Waals surface area (Å²) in [7, 11) is 0. The smallest absolute Gasteiger partial charge is 0.246 e. The van der Waals surface area contributed by atoms with E-state index in [4.69, 9.17) is 0 Å². The van der Waals surface area contributed by atoms with E-state index in [0.717, 1.165) is 30.5 Å². The average Bonchev–Trinajstić information content (AvgIpc) is 3.03. The van der Waals surface area contributed by atoms with Gasteiger partial charge in [-0.25, -0.2) is 4.98 Å². The van der Waals surface area contributed by atoms with Crippen LogP contribution in [0.15, 0.2) is 43.2 Å². The van der Waals surface area contributed by atoms with Gasteiger partial charge >= 0.3 is 0 Å². The lowest BCUT2D eigenvalue weighted by atomic mass is 10.2. The summed E-state index contributed by atoms with van der Waals surface area (Å²) < 4.78 is 2.17. The Hall–Kier alpha value is -2.10. The number of rotatable bonds is 2. The van der Waals surface area contributed by atoms with Crippen molar-refractivity contribution in [2.24, 2.45) is 0 Å². The maximum Gasteiger partial charge on any atom is 0.246 e. The number of fused-ring (bicyclic) bond motifs is 1. The zero-order chi connectivity index (χ0) is 12.5. The first kappa shape index (κ1) is 11.0. The molecule has 3 rings (SSSR count). The molecule has 1 fully saturated rings. The van der Waals surface area contributed by atoms with Gasteiger partial charge in [0, 0.05) is 13.1 Å². The van der Waals surface area contributed by atoms with Crippen molar-refractivity contribution in [2.75, 3.05) is 13.1 Å². The molecule has 2 heterocycles. The molecule has 1 atom stereocenters. The average molecular weight is 241 g/mol. The molecule has 0 saturated carbocycles.